The van der Waals surface area contributed by atoms with Gasteiger partial charge >= 0.3 is 5.97 Å². The van der Waals surface area contributed by atoms with Crippen LogP contribution < -0.4 is 5.32 Å². The maximum atomic E-state index is 12.2. The van der Waals surface area contributed by atoms with Crippen molar-refractivity contribution in [3.8, 4) is 0 Å². The van der Waals surface area contributed by atoms with Gasteiger partial charge in [-0.15, -0.1) is 0 Å². The summed E-state index contributed by atoms with van der Waals surface area (Å²) in [6.07, 6.45) is 6.46. The Morgan fingerprint density at radius 2 is 1.84 bits per heavy atom. The van der Waals surface area contributed by atoms with E-state index in [0.717, 1.165) is 18.9 Å². The molecule has 106 valence electrons. The largest absolute Gasteiger partial charge is 0.481 e. The minimum absolute atomic E-state index is 0.0244. The molecule has 0 aromatic carbocycles. The minimum atomic E-state index is -0.812. The Kier molecular flexibility index (Phi) is 3.06. The fraction of sp³-hybridized carbons (Fsp3) is 0.867. The molecule has 4 heteroatoms. The van der Waals surface area contributed by atoms with Crippen LogP contribution in [0.2, 0.25) is 0 Å². The molecule has 0 aromatic heterocycles. The van der Waals surface area contributed by atoms with Gasteiger partial charge in [0.2, 0.25) is 5.91 Å². The summed E-state index contributed by atoms with van der Waals surface area (Å²) in [5, 5.41) is 12.3. The van der Waals surface area contributed by atoms with Crippen LogP contribution in [-0.2, 0) is 9.59 Å². The molecule has 3 aliphatic carbocycles. The molecular formula is C15H23NO3. The van der Waals surface area contributed by atoms with E-state index in [4.69, 9.17) is 0 Å². The van der Waals surface area contributed by atoms with Crippen LogP contribution in [0.5, 0.6) is 0 Å². The standard InChI is InChI=1S/C15H23NO3/c1-9-6-11(12(7-9)14(18)19)13(17)16-8-15(4-5-15)10-2-3-10/h9-12H,2-8H2,1H3,(H,16,17)(H,18,19). The highest BCUT2D eigenvalue weighted by molar-refractivity contribution is 5.85. The molecule has 3 fully saturated rings. The molecule has 3 rings (SSSR count). The van der Waals surface area contributed by atoms with Gasteiger partial charge in [-0.25, -0.2) is 0 Å². The van der Waals surface area contributed by atoms with Crippen molar-refractivity contribution in [2.24, 2.45) is 29.1 Å². The fourth-order valence-corrected chi connectivity index (χ4v) is 3.83. The average Bonchev–Trinajstić information content (AvgIpc) is 3.23. The van der Waals surface area contributed by atoms with Gasteiger partial charge in [0.15, 0.2) is 0 Å². The number of carbonyl (C=O) groups excluding carboxylic acids is 1. The van der Waals surface area contributed by atoms with Crippen LogP contribution in [0, 0.1) is 29.1 Å². The first-order valence-corrected chi connectivity index (χ1v) is 7.52. The van der Waals surface area contributed by atoms with E-state index in [9.17, 15) is 14.7 Å². The van der Waals surface area contributed by atoms with Crippen LogP contribution in [0.4, 0.5) is 0 Å². The molecule has 4 nitrogen and oxygen atoms in total. The molecule has 3 unspecified atom stereocenters. The van der Waals surface area contributed by atoms with Crippen molar-refractivity contribution in [1.82, 2.24) is 5.32 Å². The molecule has 0 radical (unpaired) electrons. The Morgan fingerprint density at radius 3 is 2.37 bits per heavy atom. The average molecular weight is 265 g/mol. The van der Waals surface area contributed by atoms with Gasteiger partial charge < -0.3 is 10.4 Å². The monoisotopic (exact) mass is 265 g/mol. The van der Waals surface area contributed by atoms with E-state index < -0.39 is 11.9 Å². The van der Waals surface area contributed by atoms with Crippen molar-refractivity contribution < 1.29 is 14.7 Å². The molecule has 2 N–H and O–H groups in total. The van der Waals surface area contributed by atoms with Gasteiger partial charge in [-0.05, 0) is 55.8 Å². The maximum absolute atomic E-state index is 12.2. The summed E-state index contributed by atoms with van der Waals surface area (Å²) in [4.78, 5) is 23.5. The summed E-state index contributed by atoms with van der Waals surface area (Å²) in [5.41, 5.74) is 0.388. The van der Waals surface area contributed by atoms with E-state index in [1.165, 1.54) is 25.7 Å². The van der Waals surface area contributed by atoms with E-state index in [2.05, 4.69) is 5.32 Å². The van der Waals surface area contributed by atoms with Crippen molar-refractivity contribution in [2.75, 3.05) is 6.54 Å². The summed E-state index contributed by atoms with van der Waals surface area (Å²) in [7, 11) is 0. The number of rotatable bonds is 5. The molecule has 0 spiro atoms. The molecule has 0 heterocycles. The van der Waals surface area contributed by atoms with Gasteiger partial charge in [-0.2, -0.15) is 0 Å². The first-order chi connectivity index (χ1) is 9.02. The molecule has 1 amide bonds. The first-order valence-electron chi connectivity index (χ1n) is 7.52. The van der Waals surface area contributed by atoms with Crippen molar-refractivity contribution in [2.45, 2.75) is 45.4 Å². The Hall–Kier alpha value is -1.06. The van der Waals surface area contributed by atoms with Crippen LogP contribution in [-0.4, -0.2) is 23.5 Å². The van der Waals surface area contributed by atoms with E-state index in [-0.39, 0.29) is 11.8 Å². The van der Waals surface area contributed by atoms with Gasteiger partial charge in [0.25, 0.3) is 0 Å². The number of carboxylic acid groups (broad SMARTS) is 1. The molecular weight excluding hydrogens is 242 g/mol. The summed E-state index contributed by atoms with van der Waals surface area (Å²) in [6.45, 7) is 2.81. The van der Waals surface area contributed by atoms with Crippen LogP contribution in [0.3, 0.4) is 0 Å². The van der Waals surface area contributed by atoms with Crippen LogP contribution in [0.1, 0.15) is 45.4 Å². The first kappa shape index (κ1) is 12.9. The number of carbonyl (C=O) groups is 2. The van der Waals surface area contributed by atoms with Crippen LogP contribution in [0.25, 0.3) is 0 Å². The Bertz CT molecular complexity index is 398. The highest BCUT2D eigenvalue weighted by atomic mass is 16.4. The number of hydrogen-bond acceptors (Lipinski definition) is 2. The number of nitrogens with one attached hydrogen (secondary N) is 1. The fourth-order valence-electron chi connectivity index (χ4n) is 3.83. The topological polar surface area (TPSA) is 66.4 Å². The van der Waals surface area contributed by atoms with Gasteiger partial charge in [-0.3, -0.25) is 9.59 Å². The molecule has 3 saturated carbocycles. The second-order valence-corrected chi connectivity index (χ2v) is 6.98. The van der Waals surface area contributed by atoms with Gasteiger partial charge in [0, 0.05) is 6.54 Å². The van der Waals surface area contributed by atoms with Gasteiger partial charge in [-0.1, -0.05) is 6.92 Å². The Labute approximate surface area is 113 Å². The quantitative estimate of drug-likeness (QED) is 0.799. The molecule has 0 bridgehead atoms. The third-order valence-corrected chi connectivity index (χ3v) is 5.40. The SMILES string of the molecule is CC1CC(C(=O)O)C(C(=O)NCC2(C3CC3)CC2)C1. The molecule has 0 saturated heterocycles. The zero-order valence-electron chi connectivity index (χ0n) is 11.5. The lowest BCUT2D eigenvalue weighted by Gasteiger charge is -2.19. The molecule has 0 aliphatic heterocycles. The summed E-state index contributed by atoms with van der Waals surface area (Å²) in [6, 6.07) is 0. The maximum Gasteiger partial charge on any atom is 0.307 e. The summed E-state index contributed by atoms with van der Waals surface area (Å²) < 4.78 is 0. The summed E-state index contributed by atoms with van der Waals surface area (Å²) >= 11 is 0. The van der Waals surface area contributed by atoms with Crippen molar-refractivity contribution >= 4 is 11.9 Å². The Balaban J connectivity index is 1.56. The molecule has 3 atom stereocenters. The lowest BCUT2D eigenvalue weighted by Crippen LogP contribution is -2.38. The number of carboxylic acids is 1. The number of aliphatic carboxylic acids is 1. The van der Waals surface area contributed by atoms with Crippen LogP contribution in [0.15, 0.2) is 0 Å². The van der Waals surface area contributed by atoms with E-state index >= 15 is 0 Å². The predicted octanol–water partition coefficient (Wildman–Crippen LogP) is 2.04. The summed E-state index contributed by atoms with van der Waals surface area (Å²) in [5.74, 6) is -0.467. The van der Waals surface area contributed by atoms with Gasteiger partial charge in [0.05, 0.1) is 11.8 Å². The molecule has 3 aliphatic rings. The highest BCUT2D eigenvalue weighted by Crippen LogP contribution is 2.60. The lowest BCUT2D eigenvalue weighted by molar-refractivity contribution is -0.146. The predicted molar refractivity (Wildman–Crippen MR) is 70.4 cm³/mol. The van der Waals surface area contributed by atoms with Crippen molar-refractivity contribution in [3.63, 3.8) is 0 Å². The highest BCUT2D eigenvalue weighted by Gasteiger charge is 2.54. The zero-order chi connectivity index (χ0) is 13.6. The zero-order valence-corrected chi connectivity index (χ0v) is 11.5. The third-order valence-electron chi connectivity index (χ3n) is 5.40. The van der Waals surface area contributed by atoms with Crippen LogP contribution >= 0.6 is 0 Å². The number of amides is 1. The van der Waals surface area contributed by atoms with Crippen molar-refractivity contribution in [1.29, 1.82) is 0 Å². The Morgan fingerprint density at radius 1 is 1.21 bits per heavy atom. The van der Waals surface area contributed by atoms with Gasteiger partial charge in [0.1, 0.15) is 0 Å². The molecule has 0 aromatic rings. The lowest BCUT2D eigenvalue weighted by atomic mass is 9.94. The normalized spacial score (nSPS) is 35.9. The smallest absolute Gasteiger partial charge is 0.307 e. The van der Waals surface area contributed by atoms with E-state index in [1.54, 1.807) is 0 Å². The van der Waals surface area contributed by atoms with E-state index in [0.29, 0.717) is 17.8 Å². The molecule has 19 heavy (non-hydrogen) atoms. The third kappa shape index (κ3) is 2.49. The van der Waals surface area contributed by atoms with Crippen molar-refractivity contribution in [3.05, 3.63) is 0 Å². The number of hydrogen-bond donors (Lipinski definition) is 2. The second-order valence-electron chi connectivity index (χ2n) is 6.98. The second kappa shape index (κ2) is 4.50. The minimum Gasteiger partial charge on any atom is -0.481 e. The van der Waals surface area contributed by atoms with E-state index in [1.807, 2.05) is 6.92 Å².